The standard InChI is InChI=1S/C16H27N5O2/c1-21-10-9-17-11-13(21)15-19-14(23-20-15)7-8-18-16(22)12-5-3-2-4-6-12/h12-13,17H,2-11H2,1H3,(H,18,22). The molecule has 1 unspecified atom stereocenters. The summed E-state index contributed by atoms with van der Waals surface area (Å²) in [6.07, 6.45) is 6.26. The molecule has 1 aliphatic carbocycles. The van der Waals surface area contributed by atoms with Gasteiger partial charge in [0.1, 0.15) is 0 Å². The van der Waals surface area contributed by atoms with Crippen molar-refractivity contribution in [2.45, 2.75) is 44.6 Å². The van der Waals surface area contributed by atoms with E-state index in [9.17, 15) is 4.79 Å². The number of hydrogen-bond acceptors (Lipinski definition) is 6. The van der Waals surface area contributed by atoms with Gasteiger partial charge in [0.25, 0.3) is 0 Å². The van der Waals surface area contributed by atoms with Crippen LogP contribution in [0.15, 0.2) is 4.52 Å². The van der Waals surface area contributed by atoms with Crippen molar-refractivity contribution in [3.05, 3.63) is 11.7 Å². The molecule has 1 aliphatic heterocycles. The number of piperazine rings is 1. The average molecular weight is 321 g/mol. The highest BCUT2D eigenvalue weighted by molar-refractivity contribution is 5.78. The van der Waals surface area contributed by atoms with Crippen LogP contribution in [0.5, 0.6) is 0 Å². The number of hydrogen-bond donors (Lipinski definition) is 2. The molecule has 7 nitrogen and oxygen atoms in total. The third kappa shape index (κ3) is 4.29. The molecular weight excluding hydrogens is 294 g/mol. The van der Waals surface area contributed by atoms with Crippen LogP contribution in [-0.4, -0.2) is 54.2 Å². The topological polar surface area (TPSA) is 83.3 Å². The minimum Gasteiger partial charge on any atom is -0.355 e. The quantitative estimate of drug-likeness (QED) is 0.838. The summed E-state index contributed by atoms with van der Waals surface area (Å²) in [4.78, 5) is 18.8. The van der Waals surface area contributed by atoms with Gasteiger partial charge in [-0.05, 0) is 19.9 Å². The smallest absolute Gasteiger partial charge is 0.228 e. The van der Waals surface area contributed by atoms with E-state index in [-0.39, 0.29) is 17.9 Å². The van der Waals surface area contributed by atoms with Crippen LogP contribution in [0.25, 0.3) is 0 Å². The molecule has 1 amide bonds. The first-order valence-corrected chi connectivity index (χ1v) is 8.75. The van der Waals surface area contributed by atoms with Gasteiger partial charge < -0.3 is 15.2 Å². The van der Waals surface area contributed by atoms with Gasteiger partial charge >= 0.3 is 0 Å². The van der Waals surface area contributed by atoms with Crippen molar-refractivity contribution in [2.75, 3.05) is 33.2 Å². The molecule has 0 aromatic carbocycles. The zero-order valence-corrected chi connectivity index (χ0v) is 13.9. The minimum atomic E-state index is 0.165. The van der Waals surface area contributed by atoms with Gasteiger partial charge in [0.2, 0.25) is 11.8 Å². The second-order valence-electron chi connectivity index (χ2n) is 6.62. The molecule has 1 saturated heterocycles. The lowest BCUT2D eigenvalue weighted by Gasteiger charge is -2.30. The molecule has 1 aromatic rings. The average Bonchev–Trinajstić information content (AvgIpc) is 3.04. The van der Waals surface area contributed by atoms with Gasteiger partial charge in [-0.1, -0.05) is 24.4 Å². The molecule has 7 heteroatoms. The van der Waals surface area contributed by atoms with E-state index >= 15 is 0 Å². The summed E-state index contributed by atoms with van der Waals surface area (Å²) in [7, 11) is 2.08. The molecular formula is C16H27N5O2. The third-order valence-electron chi connectivity index (χ3n) is 4.91. The Morgan fingerprint density at radius 3 is 3.00 bits per heavy atom. The monoisotopic (exact) mass is 321 g/mol. The highest BCUT2D eigenvalue weighted by Gasteiger charge is 2.25. The molecule has 0 radical (unpaired) electrons. The predicted octanol–water partition coefficient (Wildman–Crippen LogP) is 0.885. The second-order valence-corrected chi connectivity index (χ2v) is 6.62. The van der Waals surface area contributed by atoms with Gasteiger partial charge in [-0.3, -0.25) is 9.69 Å². The summed E-state index contributed by atoms with van der Waals surface area (Å²) in [6.45, 7) is 3.38. The number of rotatable bonds is 5. The van der Waals surface area contributed by atoms with E-state index in [4.69, 9.17) is 4.52 Å². The molecule has 128 valence electrons. The summed E-state index contributed by atoms with van der Waals surface area (Å²) in [6, 6.07) is 0.165. The molecule has 1 aromatic heterocycles. The molecule has 2 heterocycles. The Balaban J connectivity index is 1.44. The van der Waals surface area contributed by atoms with Crippen LogP contribution < -0.4 is 10.6 Å². The fourth-order valence-corrected chi connectivity index (χ4v) is 3.40. The molecule has 0 bridgehead atoms. The molecule has 1 atom stereocenters. The van der Waals surface area contributed by atoms with Crippen molar-refractivity contribution in [3.63, 3.8) is 0 Å². The summed E-state index contributed by atoms with van der Waals surface area (Å²) in [5.74, 6) is 1.71. The van der Waals surface area contributed by atoms with E-state index in [0.29, 0.717) is 18.9 Å². The van der Waals surface area contributed by atoms with Gasteiger partial charge in [0.15, 0.2) is 5.82 Å². The zero-order valence-electron chi connectivity index (χ0n) is 13.9. The Morgan fingerprint density at radius 2 is 2.22 bits per heavy atom. The molecule has 3 rings (SSSR count). The number of amides is 1. The maximum atomic E-state index is 12.1. The van der Waals surface area contributed by atoms with E-state index < -0.39 is 0 Å². The van der Waals surface area contributed by atoms with E-state index in [2.05, 4.69) is 32.7 Å². The van der Waals surface area contributed by atoms with Crippen molar-refractivity contribution < 1.29 is 9.32 Å². The third-order valence-corrected chi connectivity index (χ3v) is 4.91. The van der Waals surface area contributed by atoms with Crippen molar-refractivity contribution in [3.8, 4) is 0 Å². The number of likely N-dealkylation sites (N-methyl/N-ethyl adjacent to an activating group) is 1. The van der Waals surface area contributed by atoms with Gasteiger partial charge in [0.05, 0.1) is 6.04 Å². The molecule has 2 fully saturated rings. The number of nitrogens with one attached hydrogen (secondary N) is 2. The maximum Gasteiger partial charge on any atom is 0.228 e. The first kappa shape index (κ1) is 16.4. The van der Waals surface area contributed by atoms with Crippen LogP contribution in [0.4, 0.5) is 0 Å². The van der Waals surface area contributed by atoms with Crippen molar-refractivity contribution in [1.82, 2.24) is 25.7 Å². The van der Waals surface area contributed by atoms with Gasteiger partial charge in [-0.2, -0.15) is 4.98 Å². The van der Waals surface area contributed by atoms with Crippen LogP contribution in [0.1, 0.15) is 49.9 Å². The fraction of sp³-hybridized carbons (Fsp3) is 0.812. The molecule has 23 heavy (non-hydrogen) atoms. The Labute approximate surface area is 137 Å². The van der Waals surface area contributed by atoms with Gasteiger partial charge in [-0.15, -0.1) is 0 Å². The second kappa shape index (κ2) is 7.88. The first-order chi connectivity index (χ1) is 11.2. The lowest BCUT2D eigenvalue weighted by atomic mass is 9.89. The summed E-state index contributed by atoms with van der Waals surface area (Å²) in [5, 5.41) is 10.5. The highest BCUT2D eigenvalue weighted by atomic mass is 16.5. The fourth-order valence-electron chi connectivity index (χ4n) is 3.40. The number of aromatic nitrogens is 2. The Kier molecular flexibility index (Phi) is 5.61. The highest BCUT2D eigenvalue weighted by Crippen LogP contribution is 2.23. The summed E-state index contributed by atoms with van der Waals surface area (Å²) in [5.41, 5.74) is 0. The number of carbonyl (C=O) groups excluding carboxylic acids is 1. The zero-order chi connectivity index (χ0) is 16.1. The van der Waals surface area contributed by atoms with E-state index in [1.165, 1.54) is 19.3 Å². The Morgan fingerprint density at radius 1 is 1.39 bits per heavy atom. The summed E-state index contributed by atoms with van der Waals surface area (Å²) < 4.78 is 5.33. The summed E-state index contributed by atoms with van der Waals surface area (Å²) >= 11 is 0. The van der Waals surface area contributed by atoms with E-state index in [1.54, 1.807) is 0 Å². The lowest BCUT2D eigenvalue weighted by molar-refractivity contribution is -0.125. The van der Waals surface area contributed by atoms with E-state index in [1.807, 2.05) is 0 Å². The van der Waals surface area contributed by atoms with Crippen LogP contribution >= 0.6 is 0 Å². The number of carbonyl (C=O) groups is 1. The van der Waals surface area contributed by atoms with Crippen molar-refractivity contribution >= 4 is 5.91 Å². The number of nitrogens with zero attached hydrogens (tertiary/aromatic N) is 3. The largest absolute Gasteiger partial charge is 0.355 e. The Hall–Kier alpha value is -1.47. The van der Waals surface area contributed by atoms with Gasteiger partial charge in [-0.25, -0.2) is 0 Å². The minimum absolute atomic E-state index is 0.165. The SMILES string of the molecule is CN1CCNCC1c1noc(CCNC(=O)C2CCCCC2)n1. The Bertz CT molecular complexity index is 512. The van der Waals surface area contributed by atoms with Crippen molar-refractivity contribution in [1.29, 1.82) is 0 Å². The van der Waals surface area contributed by atoms with Gasteiger partial charge in [0, 0.05) is 38.5 Å². The molecule has 1 saturated carbocycles. The predicted molar refractivity (Wildman–Crippen MR) is 85.8 cm³/mol. The van der Waals surface area contributed by atoms with E-state index in [0.717, 1.165) is 38.3 Å². The normalized spacial score (nSPS) is 23.8. The van der Waals surface area contributed by atoms with Crippen LogP contribution in [0, 0.1) is 5.92 Å². The van der Waals surface area contributed by atoms with Crippen LogP contribution in [-0.2, 0) is 11.2 Å². The lowest BCUT2D eigenvalue weighted by Crippen LogP contribution is -2.44. The molecule has 2 N–H and O–H groups in total. The van der Waals surface area contributed by atoms with Crippen LogP contribution in [0.3, 0.4) is 0 Å². The first-order valence-electron chi connectivity index (χ1n) is 8.75. The maximum absolute atomic E-state index is 12.1. The molecule has 2 aliphatic rings. The molecule has 0 spiro atoms. The van der Waals surface area contributed by atoms with Crippen LogP contribution in [0.2, 0.25) is 0 Å². The van der Waals surface area contributed by atoms with Crippen molar-refractivity contribution in [2.24, 2.45) is 5.92 Å².